The summed E-state index contributed by atoms with van der Waals surface area (Å²) in [6, 6.07) is 13.4. The highest BCUT2D eigenvalue weighted by Crippen LogP contribution is 2.36. The first-order chi connectivity index (χ1) is 27.8. The van der Waals surface area contributed by atoms with Crippen LogP contribution in [0.4, 0.5) is 26.1 Å². The predicted octanol–water partition coefficient (Wildman–Crippen LogP) is 6.91. The maximum Gasteiger partial charge on any atom is 0.249 e. The van der Waals surface area contributed by atoms with Gasteiger partial charge in [0, 0.05) is 60.5 Å². The number of anilines is 3. The van der Waals surface area contributed by atoms with Gasteiger partial charge in [-0.15, -0.1) is 0 Å². The molecule has 1 unspecified atom stereocenters. The first-order valence-corrected chi connectivity index (χ1v) is 21.3. The molecule has 1 aromatic heterocycles. The van der Waals surface area contributed by atoms with Gasteiger partial charge in [-0.1, -0.05) is 18.2 Å². The van der Waals surface area contributed by atoms with Crippen molar-refractivity contribution in [3.05, 3.63) is 65.9 Å². The minimum absolute atomic E-state index is 0.0375. The van der Waals surface area contributed by atoms with Crippen molar-refractivity contribution in [1.82, 2.24) is 25.5 Å². The molecule has 0 radical (unpaired) electrons. The fourth-order valence-corrected chi connectivity index (χ4v) is 9.78. The number of hydrogen-bond acceptors (Lipinski definition) is 9. The second-order valence-corrected chi connectivity index (χ2v) is 16.9. The zero-order valence-electron chi connectivity index (χ0n) is 32.8. The number of likely N-dealkylation sites (tertiary alicyclic amines) is 1. The van der Waals surface area contributed by atoms with Gasteiger partial charge in [-0.3, -0.25) is 19.7 Å². The van der Waals surface area contributed by atoms with Crippen LogP contribution in [-0.4, -0.2) is 82.9 Å². The largest absolute Gasteiger partial charge is 0.374 e. The van der Waals surface area contributed by atoms with Crippen LogP contribution >= 0.6 is 0 Å². The molecule has 11 nitrogen and oxygen atoms in total. The van der Waals surface area contributed by atoms with Crippen molar-refractivity contribution < 1.29 is 23.2 Å². The van der Waals surface area contributed by atoms with Crippen LogP contribution in [0.15, 0.2) is 48.7 Å². The molecular weight excluding hydrogens is 727 g/mol. The molecule has 0 bridgehead atoms. The van der Waals surface area contributed by atoms with Crippen LogP contribution in [0.2, 0.25) is 0 Å². The van der Waals surface area contributed by atoms with E-state index in [0.717, 1.165) is 107 Å². The average molecular weight is 783 g/mol. The SMILES string of the molecule is O=C1CCC(Nc2ccc(C3CCN(C4CCC(C(=O)NC5CCC(Nc6ncc(F)c(-c7cccc(N8CCCCC8)c7)n6)CC5)CC4)CC3)c(F)c2)C(=O)N1. The number of benzene rings is 2. The van der Waals surface area contributed by atoms with Crippen molar-refractivity contribution in [2.45, 2.75) is 126 Å². The highest BCUT2D eigenvalue weighted by atomic mass is 19.1. The van der Waals surface area contributed by atoms with E-state index in [1.165, 1.54) is 31.5 Å². The Morgan fingerprint density at radius 3 is 2.26 bits per heavy atom. The maximum atomic E-state index is 15.3. The average Bonchev–Trinajstić information content (AvgIpc) is 3.24. The van der Waals surface area contributed by atoms with E-state index in [9.17, 15) is 18.8 Å². The molecule has 4 N–H and O–H groups in total. The third-order valence-electron chi connectivity index (χ3n) is 13.1. The second kappa shape index (κ2) is 17.9. The number of nitrogens with zero attached hydrogens (tertiary/aromatic N) is 4. The van der Waals surface area contributed by atoms with Crippen molar-refractivity contribution in [3.63, 3.8) is 0 Å². The number of aromatic nitrogens is 2. The third-order valence-corrected chi connectivity index (χ3v) is 13.1. The summed E-state index contributed by atoms with van der Waals surface area (Å²) in [4.78, 5) is 50.7. The Morgan fingerprint density at radius 1 is 0.772 bits per heavy atom. The molecule has 3 saturated heterocycles. The normalized spacial score (nSPS) is 26.4. The van der Waals surface area contributed by atoms with Gasteiger partial charge >= 0.3 is 0 Å². The Kier molecular flexibility index (Phi) is 12.3. The van der Waals surface area contributed by atoms with Crippen molar-refractivity contribution >= 4 is 35.0 Å². The van der Waals surface area contributed by atoms with Crippen LogP contribution in [0.5, 0.6) is 0 Å². The van der Waals surface area contributed by atoms with Crippen molar-refractivity contribution in [1.29, 1.82) is 0 Å². The van der Waals surface area contributed by atoms with E-state index >= 15 is 4.39 Å². The molecule has 2 aromatic carbocycles. The lowest BCUT2D eigenvalue weighted by molar-refractivity contribution is -0.133. The molecule has 3 aliphatic heterocycles. The maximum absolute atomic E-state index is 15.3. The Morgan fingerprint density at radius 2 is 1.53 bits per heavy atom. The highest BCUT2D eigenvalue weighted by Gasteiger charge is 2.34. The monoisotopic (exact) mass is 782 g/mol. The van der Waals surface area contributed by atoms with Gasteiger partial charge in [0.25, 0.3) is 0 Å². The van der Waals surface area contributed by atoms with Crippen LogP contribution in [0, 0.1) is 17.6 Å². The molecule has 5 aliphatic rings. The molecule has 5 fully saturated rings. The first kappa shape index (κ1) is 39.2. The minimum atomic E-state index is -0.542. The fourth-order valence-electron chi connectivity index (χ4n) is 9.78. The standard InChI is InChI=1S/C44H56F2N8O3/c45-37-26-33(48-39-17-18-40(55)51-43(39)57)13-16-36(37)28-19-23-54(24-20-28)34-14-7-29(8-15-34)42(56)49-31-9-11-32(12-10-31)50-44-47-27-38(46)41(52-44)30-5-4-6-35(25-30)53-21-2-1-3-22-53/h4-6,13,16,25-29,31-32,34,39,48H,1-3,7-12,14-15,17-24H2,(H,49,56)(H,47,50,52)(H,51,55,57). The van der Waals surface area contributed by atoms with Crippen molar-refractivity contribution in [2.75, 3.05) is 41.7 Å². The van der Waals surface area contributed by atoms with E-state index in [1.54, 1.807) is 0 Å². The van der Waals surface area contributed by atoms with Gasteiger partial charge in [-0.2, -0.15) is 0 Å². The molecule has 13 heteroatoms. The molecule has 57 heavy (non-hydrogen) atoms. The molecule has 0 spiro atoms. The Balaban J connectivity index is 0.750. The lowest BCUT2D eigenvalue weighted by Crippen LogP contribution is -2.47. The van der Waals surface area contributed by atoms with E-state index in [-0.39, 0.29) is 53.9 Å². The fraction of sp³-hybridized carbons (Fsp3) is 0.568. The highest BCUT2D eigenvalue weighted by molar-refractivity contribution is 6.01. The van der Waals surface area contributed by atoms with E-state index in [1.807, 2.05) is 30.3 Å². The summed E-state index contributed by atoms with van der Waals surface area (Å²) in [5.41, 5.74) is 3.44. The topological polar surface area (TPSA) is 132 Å². The van der Waals surface area contributed by atoms with Crippen LogP contribution < -0.4 is 26.2 Å². The Labute approximate surface area is 334 Å². The zero-order chi connectivity index (χ0) is 39.3. The van der Waals surface area contributed by atoms with Gasteiger partial charge in [0.1, 0.15) is 17.6 Å². The van der Waals surface area contributed by atoms with Gasteiger partial charge in [-0.05, 0) is 139 Å². The number of halogens is 2. The van der Waals surface area contributed by atoms with Crippen LogP contribution in [0.1, 0.15) is 108 Å². The quantitative estimate of drug-likeness (QED) is 0.162. The van der Waals surface area contributed by atoms with Crippen molar-refractivity contribution in [2.24, 2.45) is 5.92 Å². The number of hydrogen-bond donors (Lipinski definition) is 4. The number of nitrogens with one attached hydrogen (secondary N) is 4. The molecule has 3 amide bonds. The summed E-state index contributed by atoms with van der Waals surface area (Å²) >= 11 is 0. The van der Waals surface area contributed by atoms with E-state index in [4.69, 9.17) is 0 Å². The van der Waals surface area contributed by atoms with Gasteiger partial charge in [0.05, 0.1) is 6.20 Å². The number of carbonyl (C=O) groups is 3. The molecule has 1 atom stereocenters. The van der Waals surface area contributed by atoms with Gasteiger partial charge in [-0.25, -0.2) is 18.7 Å². The third kappa shape index (κ3) is 9.56. The molecular formula is C44H56F2N8O3. The molecule has 4 heterocycles. The summed E-state index contributed by atoms with van der Waals surface area (Å²) in [7, 11) is 0. The summed E-state index contributed by atoms with van der Waals surface area (Å²) in [6.07, 6.45) is 14.6. The Bertz CT molecular complexity index is 1900. The van der Waals surface area contributed by atoms with Crippen molar-refractivity contribution in [3.8, 4) is 11.3 Å². The first-order valence-electron chi connectivity index (χ1n) is 21.3. The van der Waals surface area contributed by atoms with E-state index < -0.39 is 11.9 Å². The minimum Gasteiger partial charge on any atom is -0.374 e. The number of amides is 3. The molecule has 304 valence electrons. The molecule has 3 aromatic rings. The second-order valence-electron chi connectivity index (χ2n) is 16.9. The van der Waals surface area contributed by atoms with Gasteiger partial charge in [0.15, 0.2) is 5.82 Å². The lowest BCUT2D eigenvalue weighted by atomic mass is 9.82. The van der Waals surface area contributed by atoms with Gasteiger partial charge in [0.2, 0.25) is 23.7 Å². The number of imide groups is 1. The van der Waals surface area contributed by atoms with Gasteiger partial charge < -0.3 is 25.8 Å². The van der Waals surface area contributed by atoms with E-state index in [0.29, 0.717) is 29.8 Å². The van der Waals surface area contributed by atoms with Crippen LogP contribution in [-0.2, 0) is 14.4 Å². The summed E-state index contributed by atoms with van der Waals surface area (Å²) in [6.45, 7) is 3.87. The lowest BCUT2D eigenvalue weighted by Gasteiger charge is -2.41. The van der Waals surface area contributed by atoms with Crippen LogP contribution in [0.25, 0.3) is 11.3 Å². The zero-order valence-corrected chi connectivity index (χ0v) is 32.8. The predicted molar refractivity (Wildman–Crippen MR) is 217 cm³/mol. The number of carbonyl (C=O) groups excluding carboxylic acids is 3. The number of rotatable bonds is 10. The van der Waals surface area contributed by atoms with Crippen LogP contribution in [0.3, 0.4) is 0 Å². The molecule has 8 rings (SSSR count). The smallest absolute Gasteiger partial charge is 0.249 e. The molecule has 2 aliphatic carbocycles. The van der Waals surface area contributed by atoms with E-state index in [2.05, 4.69) is 47.1 Å². The summed E-state index contributed by atoms with van der Waals surface area (Å²) in [5.74, 6) is -0.545. The number of piperidine rings is 3. The Hall–Kier alpha value is -4.65. The molecule has 2 saturated carbocycles. The summed E-state index contributed by atoms with van der Waals surface area (Å²) in [5, 5.41) is 12.2. The summed E-state index contributed by atoms with van der Waals surface area (Å²) < 4.78 is 30.2.